The molecule has 0 amide bonds. The van der Waals surface area contributed by atoms with Gasteiger partial charge in [0, 0.05) is 5.56 Å². The maximum absolute atomic E-state index is 10.4. The van der Waals surface area contributed by atoms with Crippen LogP contribution in [-0.2, 0) is 10.8 Å². The van der Waals surface area contributed by atoms with Gasteiger partial charge in [0.15, 0.2) is 0 Å². The van der Waals surface area contributed by atoms with E-state index in [-0.39, 0.29) is 10.8 Å². The van der Waals surface area contributed by atoms with Crippen molar-refractivity contribution in [3.63, 3.8) is 0 Å². The van der Waals surface area contributed by atoms with E-state index < -0.39 is 0 Å². The molecule has 0 aliphatic heterocycles. The molecule has 0 aliphatic carbocycles. The number of thiol groups is 1. The Bertz CT molecular complexity index is 740. The molecule has 0 saturated heterocycles. The van der Waals surface area contributed by atoms with Crippen LogP contribution in [0.25, 0.3) is 0 Å². The molecular formula is C25H36OS. The van der Waals surface area contributed by atoms with Crippen molar-refractivity contribution in [2.75, 3.05) is 5.75 Å². The summed E-state index contributed by atoms with van der Waals surface area (Å²) in [6.45, 7) is 13.6. The van der Waals surface area contributed by atoms with Gasteiger partial charge in [0.05, 0.1) is 0 Å². The van der Waals surface area contributed by atoms with E-state index in [1.807, 2.05) is 12.1 Å². The van der Waals surface area contributed by atoms with Gasteiger partial charge in [-0.05, 0) is 71.4 Å². The predicted molar refractivity (Wildman–Crippen MR) is 121 cm³/mol. The Morgan fingerprint density at radius 1 is 0.926 bits per heavy atom. The predicted octanol–water partition coefficient (Wildman–Crippen LogP) is 7.16. The molecule has 0 spiro atoms. The molecule has 2 heteroatoms. The second-order valence-electron chi connectivity index (χ2n) is 9.24. The maximum atomic E-state index is 10.4. The van der Waals surface area contributed by atoms with Crippen molar-refractivity contribution >= 4 is 12.6 Å². The lowest BCUT2D eigenvalue weighted by molar-refractivity contribution is 0.399. The molecule has 1 atom stereocenters. The third-order valence-corrected chi connectivity index (χ3v) is 6.31. The molecule has 27 heavy (non-hydrogen) atoms. The number of aromatic hydroxyl groups is 1. The number of phenolic OH excluding ortho intramolecular Hbond substituents is 1. The Kier molecular flexibility index (Phi) is 7.08. The van der Waals surface area contributed by atoms with Gasteiger partial charge >= 0.3 is 0 Å². The Morgan fingerprint density at radius 3 is 2.22 bits per heavy atom. The first kappa shape index (κ1) is 21.9. The second kappa shape index (κ2) is 8.73. The van der Waals surface area contributed by atoms with Crippen LogP contribution in [0, 0.1) is 6.92 Å². The SMILES string of the molecule is Cc1cccc(O)c1C(C)(C)CCC(C)c1ccccc1C(C)(C)CCS. The Balaban J connectivity index is 2.22. The molecule has 2 aromatic carbocycles. The molecule has 1 N–H and O–H groups in total. The summed E-state index contributed by atoms with van der Waals surface area (Å²) in [5.41, 5.74) is 5.23. The summed E-state index contributed by atoms with van der Waals surface area (Å²) in [6.07, 6.45) is 3.20. The number of hydrogen-bond donors (Lipinski definition) is 2. The summed E-state index contributed by atoms with van der Waals surface area (Å²) in [7, 11) is 0. The molecule has 0 radical (unpaired) electrons. The molecule has 0 bridgehead atoms. The quantitative estimate of drug-likeness (QED) is 0.463. The normalized spacial score (nSPS) is 13.6. The van der Waals surface area contributed by atoms with Crippen LogP contribution in [0.4, 0.5) is 0 Å². The highest BCUT2D eigenvalue weighted by Crippen LogP contribution is 2.40. The van der Waals surface area contributed by atoms with Crippen molar-refractivity contribution < 1.29 is 5.11 Å². The van der Waals surface area contributed by atoms with E-state index in [9.17, 15) is 5.11 Å². The average molecular weight is 385 g/mol. The fourth-order valence-corrected chi connectivity index (χ4v) is 4.91. The number of rotatable bonds is 8. The third-order valence-electron chi connectivity index (χ3n) is 6.09. The Hall–Kier alpha value is -1.41. The summed E-state index contributed by atoms with van der Waals surface area (Å²) >= 11 is 4.47. The highest BCUT2D eigenvalue weighted by molar-refractivity contribution is 7.80. The van der Waals surface area contributed by atoms with Crippen LogP contribution in [-0.4, -0.2) is 10.9 Å². The monoisotopic (exact) mass is 384 g/mol. The maximum Gasteiger partial charge on any atom is 0.119 e. The van der Waals surface area contributed by atoms with E-state index in [2.05, 4.69) is 84.5 Å². The van der Waals surface area contributed by atoms with Gasteiger partial charge in [-0.15, -0.1) is 0 Å². The summed E-state index contributed by atoms with van der Waals surface area (Å²) in [5, 5.41) is 10.4. The molecular weight excluding hydrogens is 348 g/mol. The van der Waals surface area contributed by atoms with Crippen LogP contribution in [0.15, 0.2) is 42.5 Å². The molecule has 2 rings (SSSR count). The summed E-state index contributed by atoms with van der Waals surface area (Å²) in [6, 6.07) is 14.7. The fourth-order valence-electron chi connectivity index (χ4n) is 4.35. The Morgan fingerprint density at radius 2 is 1.59 bits per heavy atom. The van der Waals surface area contributed by atoms with Crippen molar-refractivity contribution in [1.82, 2.24) is 0 Å². The van der Waals surface area contributed by atoms with E-state index in [0.717, 1.165) is 30.6 Å². The Labute approximate surface area is 171 Å². The first-order valence-corrected chi connectivity index (χ1v) is 10.7. The van der Waals surface area contributed by atoms with Crippen molar-refractivity contribution in [3.05, 3.63) is 64.7 Å². The molecule has 0 saturated carbocycles. The van der Waals surface area contributed by atoms with Crippen LogP contribution in [0.2, 0.25) is 0 Å². The van der Waals surface area contributed by atoms with Crippen LogP contribution in [0.5, 0.6) is 5.75 Å². The zero-order chi connectivity index (χ0) is 20.2. The first-order valence-electron chi connectivity index (χ1n) is 10.1. The number of aryl methyl sites for hydroxylation is 1. The second-order valence-corrected chi connectivity index (χ2v) is 9.68. The molecule has 0 fully saturated rings. The largest absolute Gasteiger partial charge is 0.508 e. The van der Waals surface area contributed by atoms with E-state index in [1.54, 1.807) is 0 Å². The van der Waals surface area contributed by atoms with Crippen molar-refractivity contribution in [1.29, 1.82) is 0 Å². The van der Waals surface area contributed by atoms with Gasteiger partial charge in [-0.3, -0.25) is 0 Å². The lowest BCUT2D eigenvalue weighted by Crippen LogP contribution is -2.22. The van der Waals surface area contributed by atoms with Gasteiger partial charge in [-0.25, -0.2) is 0 Å². The summed E-state index contributed by atoms with van der Waals surface area (Å²) < 4.78 is 0. The van der Waals surface area contributed by atoms with Crippen molar-refractivity contribution in [2.45, 2.75) is 77.6 Å². The number of hydrogen-bond acceptors (Lipinski definition) is 2. The highest BCUT2D eigenvalue weighted by atomic mass is 32.1. The van der Waals surface area contributed by atoms with Gasteiger partial charge in [-0.2, -0.15) is 12.6 Å². The molecule has 2 aromatic rings. The zero-order valence-electron chi connectivity index (χ0n) is 17.8. The zero-order valence-corrected chi connectivity index (χ0v) is 18.7. The van der Waals surface area contributed by atoms with Crippen LogP contribution in [0.3, 0.4) is 0 Å². The van der Waals surface area contributed by atoms with Crippen LogP contribution < -0.4 is 0 Å². The van der Waals surface area contributed by atoms with Crippen LogP contribution in [0.1, 0.15) is 82.1 Å². The molecule has 0 heterocycles. The van der Waals surface area contributed by atoms with Crippen molar-refractivity contribution in [2.24, 2.45) is 0 Å². The van der Waals surface area contributed by atoms with Gasteiger partial charge in [0.2, 0.25) is 0 Å². The molecule has 1 nitrogen and oxygen atoms in total. The lowest BCUT2D eigenvalue weighted by Gasteiger charge is -2.32. The molecule has 0 aromatic heterocycles. The third kappa shape index (κ3) is 5.10. The minimum absolute atomic E-state index is 0.0563. The van der Waals surface area contributed by atoms with E-state index >= 15 is 0 Å². The topological polar surface area (TPSA) is 20.2 Å². The van der Waals surface area contributed by atoms with Crippen LogP contribution >= 0.6 is 12.6 Å². The van der Waals surface area contributed by atoms with Gasteiger partial charge in [-0.1, -0.05) is 71.0 Å². The molecule has 0 aliphatic rings. The van der Waals surface area contributed by atoms with Gasteiger partial charge in [0.1, 0.15) is 5.75 Å². The van der Waals surface area contributed by atoms with E-state index in [0.29, 0.717) is 11.7 Å². The highest BCUT2D eigenvalue weighted by Gasteiger charge is 2.28. The number of benzene rings is 2. The fraction of sp³-hybridized carbons (Fsp3) is 0.520. The first-order chi connectivity index (χ1) is 12.6. The minimum Gasteiger partial charge on any atom is -0.508 e. The van der Waals surface area contributed by atoms with Crippen molar-refractivity contribution in [3.8, 4) is 5.75 Å². The van der Waals surface area contributed by atoms with Gasteiger partial charge < -0.3 is 5.11 Å². The minimum atomic E-state index is -0.0563. The molecule has 1 unspecified atom stereocenters. The number of phenols is 1. The average Bonchev–Trinajstić information content (AvgIpc) is 2.59. The smallest absolute Gasteiger partial charge is 0.119 e. The summed E-state index contributed by atoms with van der Waals surface area (Å²) in [4.78, 5) is 0. The summed E-state index contributed by atoms with van der Waals surface area (Å²) in [5.74, 6) is 1.80. The standard InChI is InChI=1S/C25H36OS/c1-18(20-11-7-8-12-21(20)24(3,4)16-17-27)14-15-25(5,6)23-19(2)10-9-13-22(23)26/h7-13,18,26-27H,14-17H2,1-6H3. The van der Waals surface area contributed by atoms with E-state index in [4.69, 9.17) is 0 Å². The lowest BCUT2D eigenvalue weighted by atomic mass is 9.73. The molecule has 148 valence electrons. The van der Waals surface area contributed by atoms with Gasteiger partial charge in [0.25, 0.3) is 0 Å². The van der Waals surface area contributed by atoms with E-state index in [1.165, 1.54) is 16.7 Å².